The normalized spacial score (nSPS) is 16.9. The number of sulfone groups is 1. The van der Waals surface area contributed by atoms with Crippen LogP contribution in [0.5, 0.6) is 0 Å². The molecule has 0 saturated carbocycles. The van der Waals surface area contributed by atoms with Gasteiger partial charge >= 0.3 is 5.51 Å². The third-order valence-electron chi connectivity index (χ3n) is 20.1. The van der Waals surface area contributed by atoms with Gasteiger partial charge in [-0.15, -0.1) is 11.8 Å². The molecule has 12 rings (SSSR count). The highest BCUT2D eigenvalue weighted by Gasteiger charge is 2.49. The molecule has 26 heteroatoms. The molecule has 3 saturated heterocycles. The quantitative estimate of drug-likeness (QED) is 0.0376. The lowest BCUT2D eigenvalue weighted by molar-refractivity contribution is -0.0436. The molecule has 5 N–H and O–H groups in total. The van der Waals surface area contributed by atoms with Gasteiger partial charge in [0.1, 0.15) is 10.7 Å². The van der Waals surface area contributed by atoms with Gasteiger partial charge in [0.2, 0.25) is 0 Å². The maximum Gasteiger partial charge on any atom is 0.501 e. The van der Waals surface area contributed by atoms with Crippen molar-refractivity contribution in [3.05, 3.63) is 200 Å². The largest absolute Gasteiger partial charge is 0.501 e. The number of alkyl halides is 3. The number of pyridine rings is 2. The molecule has 2 amide bonds. The number of halogens is 4. The fourth-order valence-corrected chi connectivity index (χ4v) is 17.1. The maximum absolute atomic E-state index is 14.2. The number of allylic oxidation sites excluding steroid dienone is 1. The van der Waals surface area contributed by atoms with Gasteiger partial charge in [-0.25, -0.2) is 26.5 Å². The second kappa shape index (κ2) is 33.6. The number of rotatable bonds is 23. The summed E-state index contributed by atoms with van der Waals surface area (Å²) in [5, 5.41) is 11.0. The van der Waals surface area contributed by atoms with Gasteiger partial charge in [0, 0.05) is 170 Å². The van der Waals surface area contributed by atoms with Crippen molar-refractivity contribution in [3.8, 4) is 11.1 Å². The Labute approximate surface area is 617 Å². The number of fused-ring (bicyclic) bond motifs is 1. The van der Waals surface area contributed by atoms with Gasteiger partial charge < -0.3 is 40.0 Å². The number of hydrogen-bond donors (Lipinski definition) is 5. The van der Waals surface area contributed by atoms with Crippen LogP contribution in [0.1, 0.15) is 115 Å². The number of ether oxygens (including phenoxy) is 1. The lowest BCUT2D eigenvalue weighted by Crippen LogP contribution is -2.47. The minimum atomic E-state index is -6.05. The fourth-order valence-electron chi connectivity index (χ4n) is 14.0. The number of carbonyl (C=O) groups excluding carboxylic acids is 2. The number of benzene rings is 5. The van der Waals surface area contributed by atoms with E-state index in [4.69, 9.17) is 21.3 Å². The predicted octanol–water partition coefficient (Wildman–Crippen LogP) is 13.5. The Kier molecular flexibility index (Phi) is 24.9. The standard InChI is InChI=1S/C47H55ClF3N5O6S3.C31H38N6O2/c1-46(2)20-18-42(34-8-12-37(48)13-9-34)36(31-46)32-55-22-24-56(25-23-55)39-14-10-35(11-15-39)45(57)53-65(60,61)41-16-17-43(44(30-41)64(58,59)47(49,50)51)52-38(19-21-54-26-28-62-29-27-54)33-63-40-6-4-3-5-7-40;1-6-22(5)37-18-20(3)29-25(30(38)34-17-26-19(2)13-21(4)35-31(26)39)14-24(15-27(29)37)23-7-8-28(33-16-23)36-11-9-32-10-12-36/h3-17,30,38,52H,18-29,31-33H2,1-2H3,(H,53,57);7-8,13-16,18,22,32H,6,9-12,17H2,1-5H3,(H,34,38)(H,35,39)/t38-;22-/m10/s1. The first kappa shape index (κ1) is 77.1. The molecule has 4 aliphatic rings. The zero-order chi connectivity index (χ0) is 74.1. The van der Waals surface area contributed by atoms with Gasteiger partial charge in [0.05, 0.1) is 23.8 Å². The fraction of sp³-hybridized carbons (Fsp3) is 0.410. The Morgan fingerprint density at radius 1 is 0.779 bits per heavy atom. The lowest BCUT2D eigenvalue weighted by Gasteiger charge is -2.39. The highest BCUT2D eigenvalue weighted by atomic mass is 35.5. The van der Waals surface area contributed by atoms with E-state index in [1.54, 1.807) is 12.1 Å². The Bertz CT molecular complexity index is 4670. The minimum absolute atomic E-state index is 0.00186. The summed E-state index contributed by atoms with van der Waals surface area (Å²) >= 11 is 7.64. The van der Waals surface area contributed by atoms with Crippen LogP contribution < -0.4 is 36.0 Å². The zero-order valence-electron chi connectivity index (χ0n) is 60.0. The van der Waals surface area contributed by atoms with Crippen molar-refractivity contribution in [2.24, 2.45) is 5.41 Å². The van der Waals surface area contributed by atoms with Crippen LogP contribution in [0.25, 0.3) is 27.6 Å². The average Bonchev–Trinajstić information content (AvgIpc) is 1.52. The second-order valence-electron chi connectivity index (χ2n) is 28.2. The molecular formula is C78H93ClF3N11O8S3. The van der Waals surface area contributed by atoms with E-state index in [0.717, 1.165) is 152 Å². The van der Waals surface area contributed by atoms with Gasteiger partial charge in [0.15, 0.2) is 0 Å². The lowest BCUT2D eigenvalue weighted by atomic mass is 9.73. The van der Waals surface area contributed by atoms with E-state index in [1.165, 1.54) is 40.6 Å². The number of sulfonamides is 1. The Morgan fingerprint density at radius 2 is 1.48 bits per heavy atom. The number of aromatic nitrogens is 3. The van der Waals surface area contributed by atoms with E-state index in [9.17, 15) is 44.4 Å². The van der Waals surface area contributed by atoms with E-state index in [0.29, 0.717) is 67.2 Å². The number of nitrogens with one attached hydrogen (secondary N) is 5. The third-order valence-corrected chi connectivity index (χ3v) is 24.3. The first-order chi connectivity index (χ1) is 49.6. The Balaban J connectivity index is 0.000000236. The zero-order valence-corrected chi connectivity index (χ0v) is 63.2. The molecule has 8 aromatic rings. The number of amides is 2. The van der Waals surface area contributed by atoms with Crippen LogP contribution in [-0.2, 0) is 31.1 Å². The molecule has 3 aliphatic heterocycles. The van der Waals surface area contributed by atoms with E-state index in [2.05, 4.69) is 116 Å². The summed E-state index contributed by atoms with van der Waals surface area (Å²) in [5.74, 6) is 0.118. The van der Waals surface area contributed by atoms with E-state index < -0.39 is 52.8 Å². The molecular weight excluding hydrogens is 1410 g/mol. The minimum Gasteiger partial charge on any atom is -0.380 e. The number of hydrogen-bond acceptors (Lipinski definition) is 16. The van der Waals surface area contributed by atoms with Crippen LogP contribution in [0.2, 0.25) is 5.02 Å². The summed E-state index contributed by atoms with van der Waals surface area (Å²) in [4.78, 5) is 55.1. The topological polar surface area (TPSA) is 223 Å². The Morgan fingerprint density at radius 3 is 2.14 bits per heavy atom. The molecule has 104 heavy (non-hydrogen) atoms. The Hall–Kier alpha value is -8.01. The number of aromatic amines is 1. The molecule has 0 spiro atoms. The van der Waals surface area contributed by atoms with Gasteiger partial charge in [-0.2, -0.15) is 13.2 Å². The molecule has 1 aliphatic carbocycles. The van der Waals surface area contributed by atoms with E-state index in [1.807, 2.05) is 79.4 Å². The number of anilines is 3. The summed E-state index contributed by atoms with van der Waals surface area (Å²) in [6.07, 6.45) is 8.62. The number of piperazine rings is 2. The van der Waals surface area contributed by atoms with Crippen LogP contribution in [0, 0.1) is 26.2 Å². The predicted molar refractivity (Wildman–Crippen MR) is 410 cm³/mol. The maximum atomic E-state index is 14.2. The molecule has 3 fully saturated rings. The SMILES string of the molecule is CC1(C)CCC(c2ccc(Cl)cc2)=C(CN2CCN(c3ccc(C(=O)NS(=O)(=O)c4ccc(N[C@H](CCN5CCOCC5)CSc5ccccc5)c(S(=O)(=O)C(F)(F)F)c4)cc3)CC2)C1.CC[C@H](C)n1cc(C)c2c(C(=O)NCc3c(C)cc(C)[nH]c3=O)cc(-c3ccc(N4CCNCC4)nc3)cc21. The molecule has 3 aromatic heterocycles. The van der Waals surface area contributed by atoms with Gasteiger partial charge in [-0.3, -0.25) is 24.2 Å². The molecule has 2 atom stereocenters. The van der Waals surface area contributed by atoms with Crippen molar-refractivity contribution < 1.29 is 44.3 Å². The van der Waals surface area contributed by atoms with Crippen LogP contribution in [0.3, 0.4) is 0 Å². The number of H-pyrrole nitrogens is 1. The summed E-state index contributed by atoms with van der Waals surface area (Å²) < 4.78 is 105. The summed E-state index contributed by atoms with van der Waals surface area (Å²) in [5.41, 5.74) is 5.66. The van der Waals surface area contributed by atoms with E-state index >= 15 is 0 Å². The van der Waals surface area contributed by atoms with Crippen molar-refractivity contribution in [2.45, 2.75) is 119 Å². The van der Waals surface area contributed by atoms with E-state index in [-0.39, 0.29) is 35.0 Å². The number of aryl methyl sites for hydroxylation is 3. The molecule has 19 nitrogen and oxygen atoms in total. The summed E-state index contributed by atoms with van der Waals surface area (Å²) in [6, 6.07) is 36.3. The highest BCUT2D eigenvalue weighted by Crippen LogP contribution is 2.44. The number of morpholine rings is 1. The molecule has 0 bridgehead atoms. The van der Waals surface area contributed by atoms with Crippen LogP contribution in [0.15, 0.2) is 165 Å². The van der Waals surface area contributed by atoms with Crippen LogP contribution in [0.4, 0.5) is 30.4 Å². The number of carbonyl (C=O) groups is 2. The number of thioether (sulfide) groups is 1. The second-order valence-corrected chi connectivity index (χ2v) is 33.3. The summed E-state index contributed by atoms with van der Waals surface area (Å²) in [6.45, 7) is 25.8. The smallest absolute Gasteiger partial charge is 0.380 e. The monoisotopic (exact) mass is 1500 g/mol. The van der Waals surface area contributed by atoms with Crippen molar-refractivity contribution in [1.29, 1.82) is 0 Å². The molecule has 554 valence electrons. The average molecular weight is 1500 g/mol. The highest BCUT2D eigenvalue weighted by molar-refractivity contribution is 7.99. The summed E-state index contributed by atoms with van der Waals surface area (Å²) in [7, 11) is -10.9. The first-order valence-electron chi connectivity index (χ1n) is 35.5. The molecule has 0 radical (unpaired) electrons. The first-order valence-corrected chi connectivity index (χ1v) is 39.8. The van der Waals surface area contributed by atoms with Crippen LogP contribution in [-0.4, -0.2) is 162 Å². The van der Waals surface area contributed by atoms with Crippen molar-refractivity contribution >= 4 is 88.7 Å². The third kappa shape index (κ3) is 19.0. The van der Waals surface area contributed by atoms with Gasteiger partial charge in [0.25, 0.3) is 37.2 Å². The molecule has 5 aromatic carbocycles. The van der Waals surface area contributed by atoms with Crippen molar-refractivity contribution in [1.82, 2.24) is 39.7 Å². The van der Waals surface area contributed by atoms with Gasteiger partial charge in [-0.1, -0.05) is 68.3 Å². The number of nitrogens with zero attached hydrogens (tertiary/aromatic N) is 6. The molecule has 6 heterocycles. The van der Waals surface area contributed by atoms with Crippen molar-refractivity contribution in [3.63, 3.8) is 0 Å². The van der Waals surface area contributed by atoms with Crippen LogP contribution >= 0.6 is 23.4 Å². The van der Waals surface area contributed by atoms with Crippen molar-refractivity contribution in [2.75, 3.05) is 113 Å². The van der Waals surface area contributed by atoms with Gasteiger partial charge in [-0.05, 0) is 190 Å². The molecule has 0 unspecified atom stereocenters.